The van der Waals surface area contributed by atoms with Crippen molar-refractivity contribution in [1.29, 1.82) is 0 Å². The van der Waals surface area contributed by atoms with Gasteiger partial charge in [0.05, 0.1) is 25.0 Å². The maximum absolute atomic E-state index is 12.7. The van der Waals surface area contributed by atoms with Gasteiger partial charge in [-0.05, 0) is 73.4 Å². The van der Waals surface area contributed by atoms with Gasteiger partial charge in [0.25, 0.3) is 0 Å². The van der Waals surface area contributed by atoms with E-state index in [0.717, 1.165) is 41.2 Å². The molecule has 1 aliphatic heterocycles. The second-order valence-electron chi connectivity index (χ2n) is 10.6. The molecule has 1 heterocycles. The van der Waals surface area contributed by atoms with E-state index >= 15 is 0 Å². The van der Waals surface area contributed by atoms with E-state index in [1.165, 1.54) is 32.1 Å². The average molecular weight is 474 g/mol. The molecule has 2 saturated carbocycles. The molecule has 1 amide bonds. The first-order chi connectivity index (χ1) is 17.0. The van der Waals surface area contributed by atoms with Crippen molar-refractivity contribution in [2.45, 2.75) is 57.8 Å². The lowest BCUT2D eigenvalue weighted by atomic mass is 9.75. The van der Waals surface area contributed by atoms with Crippen LogP contribution >= 0.6 is 0 Å². The number of benzene rings is 2. The zero-order valence-corrected chi connectivity index (χ0v) is 20.4. The lowest BCUT2D eigenvalue weighted by Gasteiger charge is -2.24. The zero-order chi connectivity index (χ0) is 24.3. The molecule has 2 unspecified atom stereocenters. The van der Waals surface area contributed by atoms with Gasteiger partial charge in [0, 0.05) is 11.6 Å². The molecule has 0 bridgehead atoms. The topological polar surface area (TPSA) is 64.6 Å². The zero-order valence-electron chi connectivity index (χ0n) is 20.4. The maximum atomic E-state index is 12.7. The Bertz CT molecular complexity index is 1090. The number of rotatable bonds is 8. The molecule has 5 rings (SSSR count). The van der Waals surface area contributed by atoms with E-state index in [2.05, 4.69) is 11.9 Å². The number of allylic oxidation sites excluding steroid dienone is 1. The summed E-state index contributed by atoms with van der Waals surface area (Å²) < 4.78 is 11.4. The van der Waals surface area contributed by atoms with E-state index < -0.39 is 5.41 Å². The second-order valence-corrected chi connectivity index (χ2v) is 10.6. The van der Waals surface area contributed by atoms with Gasteiger partial charge in [-0.15, -0.1) is 0 Å². The molecule has 0 aromatic heterocycles. The van der Waals surface area contributed by atoms with E-state index in [0.29, 0.717) is 31.8 Å². The molecule has 5 heteroatoms. The van der Waals surface area contributed by atoms with Crippen LogP contribution in [0.15, 0.2) is 60.7 Å². The Hall–Kier alpha value is -3.08. The molecule has 2 aromatic carbocycles. The lowest BCUT2D eigenvalue weighted by molar-refractivity contribution is -0.146. The van der Waals surface area contributed by atoms with Gasteiger partial charge in [-0.2, -0.15) is 0 Å². The third kappa shape index (κ3) is 5.44. The lowest BCUT2D eigenvalue weighted by Crippen LogP contribution is -2.31. The van der Waals surface area contributed by atoms with Crippen LogP contribution in [-0.4, -0.2) is 25.1 Å². The quantitative estimate of drug-likeness (QED) is 0.384. The Morgan fingerprint density at radius 2 is 1.89 bits per heavy atom. The molecule has 2 aromatic rings. The van der Waals surface area contributed by atoms with Crippen LogP contribution in [0.1, 0.15) is 56.1 Å². The minimum absolute atomic E-state index is 0.0627. The smallest absolute Gasteiger partial charge is 0.313 e. The summed E-state index contributed by atoms with van der Waals surface area (Å²) in [7, 11) is 0. The normalized spacial score (nSPS) is 24.2. The van der Waals surface area contributed by atoms with Crippen molar-refractivity contribution in [2.75, 3.05) is 18.5 Å². The van der Waals surface area contributed by atoms with Crippen LogP contribution in [0, 0.1) is 17.3 Å². The minimum atomic E-state index is -0.466. The summed E-state index contributed by atoms with van der Waals surface area (Å²) in [5.74, 6) is 1.55. The van der Waals surface area contributed by atoms with Crippen molar-refractivity contribution in [3.8, 4) is 5.75 Å². The SMILES string of the molecule is C=C1CC2COC(=O)C2(Cc2ccc(NC(=O)Cc3cccc(OCC4CCCCC4)c3)cc2)C1. The molecule has 1 N–H and O–H groups in total. The fraction of sp³-hybridized carbons (Fsp3) is 0.467. The minimum Gasteiger partial charge on any atom is -0.493 e. The number of carbonyl (C=O) groups is 2. The third-order valence-electron chi connectivity index (χ3n) is 7.93. The number of hydrogen-bond acceptors (Lipinski definition) is 4. The largest absolute Gasteiger partial charge is 0.493 e. The van der Waals surface area contributed by atoms with Crippen molar-refractivity contribution in [3.05, 3.63) is 71.8 Å². The fourth-order valence-corrected chi connectivity index (χ4v) is 6.04. The first kappa shape index (κ1) is 23.7. The van der Waals surface area contributed by atoms with Crippen LogP contribution in [-0.2, 0) is 27.2 Å². The Labute approximate surface area is 207 Å². The second kappa shape index (κ2) is 10.3. The highest BCUT2D eigenvalue weighted by Crippen LogP contribution is 2.52. The number of ether oxygens (including phenoxy) is 2. The third-order valence-corrected chi connectivity index (χ3v) is 7.93. The van der Waals surface area contributed by atoms with E-state index in [1.54, 1.807) is 0 Å². The summed E-state index contributed by atoms with van der Waals surface area (Å²) in [5.41, 5.74) is 3.43. The summed E-state index contributed by atoms with van der Waals surface area (Å²) in [4.78, 5) is 25.2. The van der Waals surface area contributed by atoms with Crippen LogP contribution in [0.4, 0.5) is 5.69 Å². The number of amides is 1. The van der Waals surface area contributed by atoms with Gasteiger partial charge in [0.2, 0.25) is 5.91 Å². The van der Waals surface area contributed by atoms with Gasteiger partial charge in [-0.3, -0.25) is 9.59 Å². The molecule has 0 spiro atoms. The maximum Gasteiger partial charge on any atom is 0.313 e. The Balaban J connectivity index is 1.14. The standard InChI is InChI=1S/C30H35NO4/c1-21-14-25-20-35-29(33)30(25,17-21)18-22-10-12-26(13-11-22)31-28(32)16-24-8-5-9-27(15-24)34-19-23-6-3-2-4-7-23/h5,8-13,15,23,25H,1-4,6-7,14,16-20H2,(H,31,32). The summed E-state index contributed by atoms with van der Waals surface area (Å²) in [6.07, 6.45) is 8.97. The van der Waals surface area contributed by atoms with E-state index in [-0.39, 0.29) is 17.8 Å². The van der Waals surface area contributed by atoms with Crippen LogP contribution in [0.2, 0.25) is 0 Å². The Kier molecular flexibility index (Phi) is 6.94. The van der Waals surface area contributed by atoms with Gasteiger partial charge >= 0.3 is 5.97 Å². The molecule has 0 radical (unpaired) electrons. The highest BCUT2D eigenvalue weighted by Gasteiger charge is 2.55. The Morgan fingerprint density at radius 1 is 1.09 bits per heavy atom. The summed E-state index contributed by atoms with van der Waals surface area (Å²) >= 11 is 0. The first-order valence-corrected chi connectivity index (χ1v) is 12.9. The number of cyclic esters (lactones) is 1. The van der Waals surface area contributed by atoms with Gasteiger partial charge < -0.3 is 14.8 Å². The first-order valence-electron chi connectivity index (χ1n) is 12.9. The van der Waals surface area contributed by atoms with E-state index in [1.807, 2.05) is 48.5 Å². The predicted molar refractivity (Wildman–Crippen MR) is 136 cm³/mol. The van der Waals surface area contributed by atoms with Crippen molar-refractivity contribution >= 4 is 17.6 Å². The summed E-state index contributed by atoms with van der Waals surface area (Å²) in [6, 6.07) is 15.7. The van der Waals surface area contributed by atoms with Crippen LogP contribution in [0.3, 0.4) is 0 Å². The number of nitrogens with one attached hydrogen (secondary N) is 1. The molecule has 35 heavy (non-hydrogen) atoms. The average Bonchev–Trinajstić information content (AvgIpc) is 3.33. The molecular weight excluding hydrogens is 438 g/mol. The van der Waals surface area contributed by atoms with Crippen LogP contribution in [0.25, 0.3) is 0 Å². The summed E-state index contributed by atoms with van der Waals surface area (Å²) in [6.45, 7) is 5.37. The molecular formula is C30H35NO4. The molecule has 1 saturated heterocycles. The molecule has 184 valence electrons. The highest BCUT2D eigenvalue weighted by atomic mass is 16.5. The molecule has 2 aliphatic carbocycles. The van der Waals surface area contributed by atoms with Crippen LogP contribution < -0.4 is 10.1 Å². The van der Waals surface area contributed by atoms with Crippen LogP contribution in [0.5, 0.6) is 5.75 Å². The molecule has 2 atom stereocenters. The number of carbonyl (C=O) groups excluding carboxylic acids is 2. The fourth-order valence-electron chi connectivity index (χ4n) is 6.04. The van der Waals surface area contributed by atoms with Crippen molar-refractivity contribution in [1.82, 2.24) is 0 Å². The van der Waals surface area contributed by atoms with Crippen molar-refractivity contribution in [3.63, 3.8) is 0 Å². The summed E-state index contributed by atoms with van der Waals surface area (Å²) in [5, 5.41) is 2.99. The number of esters is 1. The monoisotopic (exact) mass is 473 g/mol. The molecule has 5 nitrogen and oxygen atoms in total. The number of fused-ring (bicyclic) bond motifs is 1. The predicted octanol–water partition coefficient (Wildman–Crippen LogP) is 5.88. The van der Waals surface area contributed by atoms with Gasteiger partial charge in [0.1, 0.15) is 5.75 Å². The van der Waals surface area contributed by atoms with Gasteiger partial charge in [0.15, 0.2) is 0 Å². The van der Waals surface area contributed by atoms with Gasteiger partial charge in [-0.25, -0.2) is 0 Å². The highest BCUT2D eigenvalue weighted by molar-refractivity contribution is 5.92. The number of anilines is 1. The number of hydrogen-bond donors (Lipinski definition) is 1. The van der Waals surface area contributed by atoms with E-state index in [9.17, 15) is 9.59 Å². The van der Waals surface area contributed by atoms with Gasteiger partial charge in [-0.1, -0.05) is 55.7 Å². The van der Waals surface area contributed by atoms with Crippen molar-refractivity contribution < 1.29 is 19.1 Å². The Morgan fingerprint density at radius 3 is 2.69 bits per heavy atom. The van der Waals surface area contributed by atoms with E-state index in [4.69, 9.17) is 9.47 Å². The molecule has 3 aliphatic rings. The molecule has 3 fully saturated rings. The van der Waals surface area contributed by atoms with Crippen molar-refractivity contribution in [2.24, 2.45) is 17.3 Å².